The topological polar surface area (TPSA) is 102 Å². The van der Waals surface area contributed by atoms with Gasteiger partial charge in [0.25, 0.3) is 0 Å². The Kier molecular flexibility index (Phi) is 6.44. The maximum absolute atomic E-state index is 16.7. The monoisotopic (exact) mass is 629 g/mol. The number of aryl methyl sites for hydroxylation is 1. The molecule has 7 heterocycles. The molecule has 2 bridgehead atoms. The second-order valence-electron chi connectivity index (χ2n) is 12.8. The number of hydrogen-bond donors (Lipinski definition) is 2. The van der Waals surface area contributed by atoms with Gasteiger partial charge < -0.3 is 25.4 Å². The predicted octanol–water partition coefficient (Wildman–Crippen LogP) is 4.56. The van der Waals surface area contributed by atoms with Gasteiger partial charge in [0, 0.05) is 61.9 Å². The van der Waals surface area contributed by atoms with Crippen LogP contribution in [-0.4, -0.2) is 82.5 Å². The van der Waals surface area contributed by atoms with Crippen LogP contribution in [0.4, 0.5) is 33.5 Å². The molecule has 1 aromatic carbocycles. The lowest BCUT2D eigenvalue weighted by Crippen LogP contribution is -2.59. The van der Waals surface area contributed by atoms with Crippen molar-refractivity contribution >= 4 is 22.4 Å². The fraction of sp³-hybridized carbons (Fsp3) is 0.516. The summed E-state index contributed by atoms with van der Waals surface area (Å²) in [6.07, 6.45) is 0.820. The number of halogens is 5. The molecule has 5 atom stereocenters. The third-order valence-electron chi connectivity index (χ3n) is 9.92. The van der Waals surface area contributed by atoms with Crippen LogP contribution in [0.25, 0.3) is 22.2 Å². The minimum absolute atomic E-state index is 0.0204. The van der Waals surface area contributed by atoms with Gasteiger partial charge in [-0.1, -0.05) is 12.2 Å². The van der Waals surface area contributed by atoms with Crippen molar-refractivity contribution in [3.63, 3.8) is 0 Å². The number of hydrogen-bond acceptors (Lipinski definition) is 9. The molecule has 238 valence electrons. The first-order valence-corrected chi connectivity index (χ1v) is 15.2. The zero-order valence-corrected chi connectivity index (χ0v) is 24.5. The highest BCUT2D eigenvalue weighted by atomic mass is 19.4. The smallest absolute Gasteiger partial charge is 0.417 e. The number of nitrogens with zero attached hydrogens (tertiary/aromatic N) is 5. The van der Waals surface area contributed by atoms with Crippen LogP contribution in [0.5, 0.6) is 11.9 Å². The third-order valence-corrected chi connectivity index (χ3v) is 9.92. The molecule has 5 aliphatic rings. The van der Waals surface area contributed by atoms with E-state index in [4.69, 9.17) is 20.2 Å². The Morgan fingerprint density at radius 1 is 1.16 bits per heavy atom. The fourth-order valence-corrected chi connectivity index (χ4v) is 8.02. The van der Waals surface area contributed by atoms with E-state index in [9.17, 15) is 17.6 Å². The van der Waals surface area contributed by atoms with E-state index in [2.05, 4.69) is 20.2 Å². The van der Waals surface area contributed by atoms with E-state index in [1.807, 2.05) is 17.1 Å². The summed E-state index contributed by atoms with van der Waals surface area (Å²) in [4.78, 5) is 17.7. The van der Waals surface area contributed by atoms with Gasteiger partial charge in [0.15, 0.2) is 5.82 Å². The second-order valence-corrected chi connectivity index (χ2v) is 12.8. The van der Waals surface area contributed by atoms with Crippen LogP contribution in [0.1, 0.15) is 36.8 Å². The molecule has 3 saturated heterocycles. The lowest BCUT2D eigenvalue weighted by Gasteiger charge is -2.43. The van der Waals surface area contributed by atoms with Crippen molar-refractivity contribution in [1.82, 2.24) is 25.2 Å². The summed E-state index contributed by atoms with van der Waals surface area (Å²) in [6, 6.07) is 2.45. The Hall–Kier alpha value is -3.78. The van der Waals surface area contributed by atoms with Crippen molar-refractivity contribution in [3.05, 3.63) is 41.2 Å². The van der Waals surface area contributed by atoms with Gasteiger partial charge >= 0.3 is 12.2 Å². The number of pyridine rings is 1. The lowest BCUT2D eigenvalue weighted by atomic mass is 9.96. The van der Waals surface area contributed by atoms with Crippen LogP contribution < -0.4 is 25.4 Å². The SMILES string of the molecule is Cc1cc(N)cc(-c2nc3c4c(nc(OCC56C=CCN5C[C@H](F)C6)nc4c2F)N2C[C@H]4CC[C@H](N4)[C@H]2CCO3)c1C(F)(F)F. The molecule has 0 saturated carbocycles. The number of nitrogens with one attached hydrogen (secondary N) is 1. The number of rotatable bonds is 4. The Morgan fingerprint density at radius 3 is 2.82 bits per heavy atom. The number of alkyl halides is 4. The highest BCUT2D eigenvalue weighted by molar-refractivity contribution is 5.97. The molecule has 3 N–H and O–H groups in total. The molecule has 5 aliphatic heterocycles. The molecule has 2 aromatic heterocycles. The summed E-state index contributed by atoms with van der Waals surface area (Å²) in [5.74, 6) is -0.765. The minimum atomic E-state index is -4.81. The third kappa shape index (κ3) is 4.58. The van der Waals surface area contributed by atoms with Gasteiger partial charge in [0.2, 0.25) is 5.88 Å². The summed E-state index contributed by atoms with van der Waals surface area (Å²) in [6.45, 7) is 2.97. The highest BCUT2D eigenvalue weighted by Crippen LogP contribution is 2.46. The number of aromatic nitrogens is 3. The molecule has 0 aliphatic carbocycles. The van der Waals surface area contributed by atoms with Gasteiger partial charge in [-0.05, 0) is 37.5 Å². The fourth-order valence-electron chi connectivity index (χ4n) is 8.02. The average Bonchev–Trinajstić information content (AvgIpc) is 3.63. The number of nitrogens with two attached hydrogens (primary N) is 1. The predicted molar refractivity (Wildman–Crippen MR) is 157 cm³/mol. The Labute approximate surface area is 255 Å². The molecule has 0 amide bonds. The van der Waals surface area contributed by atoms with E-state index in [1.165, 1.54) is 13.0 Å². The van der Waals surface area contributed by atoms with E-state index in [0.29, 0.717) is 25.3 Å². The maximum atomic E-state index is 16.7. The van der Waals surface area contributed by atoms with Gasteiger partial charge in [-0.15, -0.1) is 0 Å². The van der Waals surface area contributed by atoms with Crippen LogP contribution in [0.2, 0.25) is 0 Å². The number of benzene rings is 1. The first kappa shape index (κ1) is 28.7. The van der Waals surface area contributed by atoms with Gasteiger partial charge in [0.1, 0.15) is 35.2 Å². The van der Waals surface area contributed by atoms with E-state index in [0.717, 1.165) is 18.9 Å². The first-order chi connectivity index (χ1) is 21.5. The van der Waals surface area contributed by atoms with Crippen molar-refractivity contribution in [3.8, 4) is 23.1 Å². The maximum Gasteiger partial charge on any atom is 0.417 e. The number of ether oxygens (including phenoxy) is 2. The molecule has 14 heteroatoms. The van der Waals surface area contributed by atoms with Gasteiger partial charge in [-0.3, -0.25) is 4.90 Å². The van der Waals surface area contributed by atoms with Crippen LogP contribution >= 0.6 is 0 Å². The largest absolute Gasteiger partial charge is 0.477 e. The number of piperazine rings is 1. The normalized spacial score (nSPS) is 29.0. The zero-order chi connectivity index (χ0) is 31.2. The first-order valence-electron chi connectivity index (χ1n) is 15.2. The van der Waals surface area contributed by atoms with E-state index in [-0.39, 0.29) is 78.3 Å². The average molecular weight is 630 g/mol. The molecule has 1 unspecified atom stereocenters. The molecule has 9 nitrogen and oxygen atoms in total. The standard InChI is InChI=1S/C31H32F5N7O2/c1-15-9-17(37)10-19(23(15)31(34,35)36)25-24(33)26-22-27(41-29(40-26)45-14-30-6-2-7-42(30)12-16(32)11-30)43-13-18-3-4-20(38-18)21(43)5-8-44-28(22)39-25/h2,6,9-10,16,18,20-21,38H,3-5,7-8,11-14,37H2,1H3/t16-,18-,20+,21-,30?/m1/s1. The summed E-state index contributed by atoms with van der Waals surface area (Å²) >= 11 is 0. The summed E-state index contributed by atoms with van der Waals surface area (Å²) in [5.41, 5.74) is 2.76. The molecule has 45 heavy (non-hydrogen) atoms. The highest BCUT2D eigenvalue weighted by Gasteiger charge is 2.48. The van der Waals surface area contributed by atoms with Gasteiger partial charge in [-0.2, -0.15) is 23.1 Å². The molecule has 0 radical (unpaired) electrons. The lowest BCUT2D eigenvalue weighted by molar-refractivity contribution is -0.137. The summed E-state index contributed by atoms with van der Waals surface area (Å²) in [7, 11) is 0. The summed E-state index contributed by atoms with van der Waals surface area (Å²) in [5, 5.41) is 3.82. The van der Waals surface area contributed by atoms with Crippen LogP contribution in [0, 0.1) is 12.7 Å². The molecule has 0 spiro atoms. The van der Waals surface area contributed by atoms with Crippen LogP contribution in [0.15, 0.2) is 24.3 Å². The summed E-state index contributed by atoms with van der Waals surface area (Å²) < 4.78 is 86.4. The molecule has 3 fully saturated rings. The van der Waals surface area contributed by atoms with Gasteiger partial charge in [-0.25, -0.2) is 13.8 Å². The van der Waals surface area contributed by atoms with Gasteiger partial charge in [0.05, 0.1) is 17.7 Å². The minimum Gasteiger partial charge on any atom is -0.477 e. The van der Waals surface area contributed by atoms with E-state index >= 15 is 4.39 Å². The molecule has 3 aromatic rings. The Balaban J connectivity index is 1.32. The molecular formula is C31H32F5N7O2. The Bertz CT molecular complexity index is 1740. The van der Waals surface area contributed by atoms with E-state index < -0.39 is 40.5 Å². The van der Waals surface area contributed by atoms with Crippen molar-refractivity contribution in [2.75, 3.05) is 43.5 Å². The van der Waals surface area contributed by atoms with Crippen molar-refractivity contribution in [2.45, 2.75) is 68.6 Å². The molecule has 8 rings (SSSR count). The zero-order valence-electron chi connectivity index (χ0n) is 24.5. The van der Waals surface area contributed by atoms with Crippen molar-refractivity contribution in [1.29, 1.82) is 0 Å². The number of anilines is 2. The van der Waals surface area contributed by atoms with E-state index in [1.54, 1.807) is 0 Å². The quantitative estimate of drug-likeness (QED) is 0.244. The van der Waals surface area contributed by atoms with Crippen LogP contribution in [0.3, 0.4) is 0 Å². The number of fused-ring (bicyclic) bond motifs is 6. The van der Waals surface area contributed by atoms with Crippen molar-refractivity contribution < 1.29 is 31.4 Å². The Morgan fingerprint density at radius 2 is 2.00 bits per heavy atom. The van der Waals surface area contributed by atoms with Crippen LogP contribution in [-0.2, 0) is 6.18 Å². The second kappa shape index (κ2) is 10.1. The van der Waals surface area contributed by atoms with Crippen molar-refractivity contribution in [2.24, 2.45) is 0 Å². The number of nitrogen functional groups attached to an aromatic ring is 1. The molecular weight excluding hydrogens is 597 g/mol.